The Balaban J connectivity index is 1.95. The number of hydrogen-bond acceptors (Lipinski definition) is 2. The smallest absolute Gasteiger partial charge is 0.0223 e. The van der Waals surface area contributed by atoms with Crippen molar-refractivity contribution in [1.29, 1.82) is 0 Å². The van der Waals surface area contributed by atoms with Crippen LogP contribution >= 0.6 is 0 Å². The van der Waals surface area contributed by atoms with Gasteiger partial charge in [-0.05, 0) is 57.3 Å². The Kier molecular flexibility index (Phi) is 4.38. The number of nitrogens with zero attached hydrogens (tertiary/aromatic N) is 1. The first-order valence-corrected chi connectivity index (χ1v) is 7.92. The molecule has 0 aromatic heterocycles. The average molecular weight is 252 g/mol. The van der Waals surface area contributed by atoms with Crippen molar-refractivity contribution >= 4 is 0 Å². The van der Waals surface area contributed by atoms with Gasteiger partial charge < -0.3 is 0 Å². The first-order valence-electron chi connectivity index (χ1n) is 7.92. The van der Waals surface area contributed by atoms with E-state index in [1.807, 2.05) is 0 Å². The highest BCUT2D eigenvalue weighted by molar-refractivity contribution is 4.88. The van der Waals surface area contributed by atoms with E-state index in [9.17, 15) is 0 Å². The van der Waals surface area contributed by atoms with Crippen LogP contribution in [0.1, 0.15) is 73.1 Å². The number of rotatable bonds is 2. The highest BCUT2D eigenvalue weighted by Crippen LogP contribution is 2.39. The summed E-state index contributed by atoms with van der Waals surface area (Å²) < 4.78 is 0. The van der Waals surface area contributed by atoms with Crippen LogP contribution in [0, 0.1) is 11.3 Å². The summed E-state index contributed by atoms with van der Waals surface area (Å²) in [6.07, 6.45) is 8.15. The Bertz CT molecular complexity index is 264. The third kappa shape index (κ3) is 3.48. The predicted molar refractivity (Wildman–Crippen MR) is 78.3 cm³/mol. The summed E-state index contributed by atoms with van der Waals surface area (Å²) in [5, 5.41) is 2.56. The summed E-state index contributed by atoms with van der Waals surface area (Å²) in [6.45, 7) is 12.0. The molecule has 0 bridgehead atoms. The fraction of sp³-hybridized carbons (Fsp3) is 1.00. The Morgan fingerprint density at radius 1 is 1.00 bits per heavy atom. The quantitative estimate of drug-likeness (QED) is 0.800. The van der Waals surface area contributed by atoms with Gasteiger partial charge >= 0.3 is 0 Å². The van der Waals surface area contributed by atoms with Gasteiger partial charge in [0.15, 0.2) is 0 Å². The lowest BCUT2D eigenvalue weighted by Gasteiger charge is -2.46. The molecule has 1 aliphatic heterocycles. The van der Waals surface area contributed by atoms with Crippen molar-refractivity contribution in [3.05, 3.63) is 0 Å². The van der Waals surface area contributed by atoms with Gasteiger partial charge in [0.1, 0.15) is 0 Å². The van der Waals surface area contributed by atoms with E-state index in [0.29, 0.717) is 23.5 Å². The SMILES string of the molecule is CC1CC(NN2C(C)CCCC2C)CC(C)(C)C1. The maximum absolute atomic E-state index is 3.88. The predicted octanol–water partition coefficient (Wildman–Crippen LogP) is 3.97. The molecule has 0 spiro atoms. The van der Waals surface area contributed by atoms with E-state index in [4.69, 9.17) is 0 Å². The highest BCUT2D eigenvalue weighted by Gasteiger charge is 2.34. The van der Waals surface area contributed by atoms with Gasteiger partial charge in [0.05, 0.1) is 0 Å². The third-order valence-electron chi connectivity index (χ3n) is 4.91. The summed E-state index contributed by atoms with van der Waals surface area (Å²) in [6, 6.07) is 2.09. The highest BCUT2D eigenvalue weighted by atomic mass is 15.5. The van der Waals surface area contributed by atoms with Crippen LogP contribution in [0.3, 0.4) is 0 Å². The van der Waals surface area contributed by atoms with Crippen LogP contribution < -0.4 is 5.43 Å². The number of nitrogens with one attached hydrogen (secondary N) is 1. The van der Waals surface area contributed by atoms with Gasteiger partial charge in [-0.25, -0.2) is 5.01 Å². The molecule has 4 unspecified atom stereocenters. The topological polar surface area (TPSA) is 15.3 Å². The second-order valence-corrected chi connectivity index (χ2v) is 7.78. The zero-order valence-electron chi connectivity index (χ0n) is 13.0. The number of hydrazine groups is 1. The van der Waals surface area contributed by atoms with Crippen LogP contribution in [0.4, 0.5) is 0 Å². The van der Waals surface area contributed by atoms with Crippen LogP contribution in [-0.4, -0.2) is 23.1 Å². The van der Waals surface area contributed by atoms with Crippen LogP contribution in [0.25, 0.3) is 0 Å². The maximum atomic E-state index is 3.88. The Labute approximate surface area is 113 Å². The van der Waals surface area contributed by atoms with Gasteiger partial charge in [-0.3, -0.25) is 5.43 Å². The van der Waals surface area contributed by atoms with E-state index < -0.39 is 0 Å². The molecular formula is C16H32N2. The Morgan fingerprint density at radius 3 is 2.17 bits per heavy atom. The first-order chi connectivity index (χ1) is 8.37. The molecule has 106 valence electrons. The molecule has 2 nitrogen and oxygen atoms in total. The molecule has 2 heteroatoms. The average Bonchev–Trinajstić information content (AvgIpc) is 2.21. The first kappa shape index (κ1) is 14.3. The zero-order chi connectivity index (χ0) is 13.3. The summed E-state index contributed by atoms with van der Waals surface area (Å²) in [7, 11) is 0. The lowest BCUT2D eigenvalue weighted by molar-refractivity contribution is 0.00390. The molecule has 18 heavy (non-hydrogen) atoms. The molecule has 1 saturated heterocycles. The zero-order valence-corrected chi connectivity index (χ0v) is 13.0. The van der Waals surface area contributed by atoms with Crippen LogP contribution in [0.2, 0.25) is 0 Å². The van der Waals surface area contributed by atoms with Crippen LogP contribution in [0.5, 0.6) is 0 Å². The van der Waals surface area contributed by atoms with Gasteiger partial charge in [0.2, 0.25) is 0 Å². The second-order valence-electron chi connectivity index (χ2n) is 7.78. The van der Waals surface area contributed by atoms with E-state index in [-0.39, 0.29) is 0 Å². The molecule has 4 atom stereocenters. The maximum Gasteiger partial charge on any atom is 0.0223 e. The molecule has 0 aromatic rings. The molecule has 1 saturated carbocycles. The molecule has 1 aliphatic carbocycles. The van der Waals surface area contributed by atoms with Crippen molar-refractivity contribution < 1.29 is 0 Å². The van der Waals surface area contributed by atoms with Crippen molar-refractivity contribution in [2.45, 2.75) is 91.3 Å². The molecule has 2 aliphatic rings. The fourth-order valence-corrected chi connectivity index (χ4v) is 4.33. The van der Waals surface area contributed by atoms with Crippen molar-refractivity contribution in [1.82, 2.24) is 10.4 Å². The lowest BCUT2D eigenvalue weighted by Crippen LogP contribution is -2.57. The minimum absolute atomic E-state index is 0.512. The van der Waals surface area contributed by atoms with Crippen LogP contribution in [-0.2, 0) is 0 Å². The summed E-state index contributed by atoms with van der Waals surface area (Å²) in [5.74, 6) is 0.863. The standard InChI is InChI=1S/C16H32N2/c1-12-9-15(11-16(4,5)10-12)17-18-13(2)7-6-8-14(18)3/h12-15,17H,6-11H2,1-5H3. The molecule has 0 aromatic carbocycles. The van der Waals surface area contributed by atoms with E-state index in [1.54, 1.807) is 0 Å². The fourth-order valence-electron chi connectivity index (χ4n) is 4.33. The van der Waals surface area contributed by atoms with Crippen molar-refractivity contribution in [3.63, 3.8) is 0 Å². The van der Waals surface area contributed by atoms with Crippen molar-refractivity contribution in [2.24, 2.45) is 11.3 Å². The monoisotopic (exact) mass is 252 g/mol. The summed E-state index contributed by atoms with van der Waals surface area (Å²) >= 11 is 0. The van der Waals surface area contributed by atoms with Crippen LogP contribution in [0.15, 0.2) is 0 Å². The molecule has 1 heterocycles. The third-order valence-corrected chi connectivity index (χ3v) is 4.91. The van der Waals surface area contributed by atoms with Gasteiger partial charge in [0, 0.05) is 18.1 Å². The second kappa shape index (κ2) is 5.50. The number of hydrogen-bond donors (Lipinski definition) is 1. The Morgan fingerprint density at radius 2 is 1.61 bits per heavy atom. The lowest BCUT2D eigenvalue weighted by atomic mass is 9.71. The van der Waals surface area contributed by atoms with Crippen molar-refractivity contribution in [2.75, 3.05) is 0 Å². The van der Waals surface area contributed by atoms with E-state index in [0.717, 1.165) is 5.92 Å². The minimum Gasteiger partial charge on any atom is -0.252 e. The van der Waals surface area contributed by atoms with E-state index >= 15 is 0 Å². The molecule has 2 rings (SSSR count). The minimum atomic E-state index is 0.512. The summed E-state index contributed by atoms with van der Waals surface area (Å²) in [4.78, 5) is 0. The largest absolute Gasteiger partial charge is 0.252 e. The molecule has 0 amide bonds. The van der Waals surface area contributed by atoms with Gasteiger partial charge in [0.25, 0.3) is 0 Å². The molecular weight excluding hydrogens is 220 g/mol. The van der Waals surface area contributed by atoms with E-state index in [2.05, 4.69) is 45.1 Å². The number of piperidine rings is 1. The van der Waals surface area contributed by atoms with Gasteiger partial charge in [-0.1, -0.05) is 27.2 Å². The van der Waals surface area contributed by atoms with Gasteiger partial charge in [-0.2, -0.15) is 0 Å². The summed E-state index contributed by atoms with van der Waals surface area (Å²) in [5.41, 5.74) is 4.39. The molecule has 0 radical (unpaired) electrons. The molecule has 1 N–H and O–H groups in total. The van der Waals surface area contributed by atoms with E-state index in [1.165, 1.54) is 38.5 Å². The molecule has 2 fully saturated rings. The van der Waals surface area contributed by atoms with Crippen molar-refractivity contribution in [3.8, 4) is 0 Å². The Hall–Kier alpha value is -0.0800. The normalized spacial score (nSPS) is 41.8. The van der Waals surface area contributed by atoms with Gasteiger partial charge in [-0.15, -0.1) is 0 Å².